The third kappa shape index (κ3) is 3.53. The van der Waals surface area contributed by atoms with Crippen molar-refractivity contribution in [3.05, 3.63) is 35.0 Å². The highest BCUT2D eigenvalue weighted by Crippen LogP contribution is 2.25. The van der Waals surface area contributed by atoms with Crippen molar-refractivity contribution in [2.24, 2.45) is 0 Å². The zero-order valence-electron chi connectivity index (χ0n) is 15.4. The molecule has 8 heteroatoms. The molecule has 1 aliphatic rings. The number of nitrogens with zero attached hydrogens (tertiary/aromatic N) is 6. The molecule has 0 aromatic carbocycles. The summed E-state index contributed by atoms with van der Waals surface area (Å²) in [5, 5.41) is 3.87. The summed E-state index contributed by atoms with van der Waals surface area (Å²) < 4.78 is 5.32. The average Bonchev–Trinajstić information content (AvgIpc) is 3.00. The Morgan fingerprint density at radius 1 is 1.24 bits per heavy atom. The van der Waals surface area contributed by atoms with Gasteiger partial charge in [-0.3, -0.25) is 9.69 Å². The van der Waals surface area contributed by atoms with E-state index in [2.05, 4.69) is 25.0 Å². The van der Waals surface area contributed by atoms with E-state index in [1.165, 1.54) is 0 Å². The Morgan fingerprint density at radius 3 is 2.64 bits per heavy atom. The van der Waals surface area contributed by atoms with Crippen LogP contribution in [0, 0.1) is 13.8 Å². The Balaban J connectivity index is 1.85. The highest BCUT2D eigenvalue weighted by atomic mass is 16.5. The van der Waals surface area contributed by atoms with Gasteiger partial charge in [-0.1, -0.05) is 19.0 Å². The van der Waals surface area contributed by atoms with Gasteiger partial charge in [0.15, 0.2) is 5.82 Å². The lowest BCUT2D eigenvalue weighted by Gasteiger charge is -2.37. The predicted molar refractivity (Wildman–Crippen MR) is 91.2 cm³/mol. The Hall–Kier alpha value is -2.35. The molecule has 0 spiro atoms. The van der Waals surface area contributed by atoms with Crippen LogP contribution in [0.15, 0.2) is 10.7 Å². The molecule has 3 heterocycles. The Morgan fingerprint density at radius 2 is 2.00 bits per heavy atom. The molecule has 2 aromatic heterocycles. The normalized spacial score (nSPS) is 18.8. The zero-order valence-corrected chi connectivity index (χ0v) is 15.4. The van der Waals surface area contributed by atoms with E-state index in [-0.39, 0.29) is 17.9 Å². The van der Waals surface area contributed by atoms with Gasteiger partial charge < -0.3 is 9.42 Å². The van der Waals surface area contributed by atoms with E-state index in [9.17, 15) is 4.79 Å². The summed E-state index contributed by atoms with van der Waals surface area (Å²) >= 11 is 0. The van der Waals surface area contributed by atoms with Gasteiger partial charge >= 0.3 is 0 Å². The number of aromatic nitrogens is 4. The van der Waals surface area contributed by atoms with Gasteiger partial charge in [0, 0.05) is 25.8 Å². The summed E-state index contributed by atoms with van der Waals surface area (Å²) in [7, 11) is 2.00. The minimum absolute atomic E-state index is 0.0435. The van der Waals surface area contributed by atoms with Crippen LogP contribution in [0.1, 0.15) is 59.4 Å². The maximum absolute atomic E-state index is 13.1. The Labute approximate surface area is 147 Å². The molecule has 0 radical (unpaired) electrons. The second kappa shape index (κ2) is 6.87. The van der Waals surface area contributed by atoms with E-state index in [0.29, 0.717) is 36.2 Å². The molecule has 3 rings (SSSR count). The van der Waals surface area contributed by atoms with E-state index in [0.717, 1.165) is 12.2 Å². The highest BCUT2D eigenvalue weighted by Gasteiger charge is 2.33. The van der Waals surface area contributed by atoms with Crippen molar-refractivity contribution in [2.45, 2.75) is 39.7 Å². The van der Waals surface area contributed by atoms with Crippen LogP contribution >= 0.6 is 0 Å². The number of piperazine rings is 1. The molecule has 1 saturated heterocycles. The lowest BCUT2D eigenvalue weighted by molar-refractivity contribution is 0.0486. The molecule has 1 unspecified atom stereocenters. The molecular formula is C17H24N6O2. The van der Waals surface area contributed by atoms with Gasteiger partial charge in [-0.15, -0.1) is 0 Å². The molecule has 8 nitrogen and oxygen atoms in total. The standard InChI is InChI=1S/C17H24N6O2/c1-10(2)15-13(8-18-11(3)19-15)17(24)23-7-6-22(5)14(9-23)16-20-12(4)21-25-16/h8,10,14H,6-7,9H2,1-5H3. The van der Waals surface area contributed by atoms with Gasteiger partial charge in [0.25, 0.3) is 5.91 Å². The summed E-state index contributed by atoms with van der Waals surface area (Å²) in [6.07, 6.45) is 1.64. The number of likely N-dealkylation sites (N-methyl/N-ethyl adjacent to an activating group) is 1. The molecule has 1 fully saturated rings. The van der Waals surface area contributed by atoms with Gasteiger partial charge in [0.2, 0.25) is 5.89 Å². The number of carbonyl (C=O) groups is 1. The van der Waals surface area contributed by atoms with Crippen molar-refractivity contribution >= 4 is 5.91 Å². The van der Waals surface area contributed by atoms with Crippen LogP contribution in [0.3, 0.4) is 0 Å². The molecule has 134 valence electrons. The van der Waals surface area contributed by atoms with Gasteiger partial charge in [-0.25, -0.2) is 9.97 Å². The van der Waals surface area contributed by atoms with Crippen LogP contribution < -0.4 is 0 Å². The average molecular weight is 344 g/mol. The lowest BCUT2D eigenvalue weighted by atomic mass is 10.0. The molecule has 2 aromatic rings. The van der Waals surface area contributed by atoms with Crippen molar-refractivity contribution in [1.29, 1.82) is 0 Å². The van der Waals surface area contributed by atoms with Crippen molar-refractivity contribution in [3.8, 4) is 0 Å². The smallest absolute Gasteiger partial charge is 0.257 e. The minimum Gasteiger partial charge on any atom is -0.338 e. The summed E-state index contributed by atoms with van der Waals surface area (Å²) in [5.74, 6) is 1.93. The molecule has 1 amide bonds. The zero-order chi connectivity index (χ0) is 18.1. The third-order valence-electron chi connectivity index (χ3n) is 4.48. The predicted octanol–water partition coefficient (Wildman–Crippen LogP) is 1.73. The molecular weight excluding hydrogens is 320 g/mol. The molecule has 25 heavy (non-hydrogen) atoms. The Bertz CT molecular complexity index is 772. The van der Waals surface area contributed by atoms with Crippen molar-refractivity contribution in [2.75, 3.05) is 26.7 Å². The van der Waals surface area contributed by atoms with Gasteiger partial charge in [-0.05, 0) is 26.8 Å². The van der Waals surface area contributed by atoms with Crippen LogP contribution in [0.25, 0.3) is 0 Å². The van der Waals surface area contributed by atoms with Crippen LogP contribution in [0.5, 0.6) is 0 Å². The fourth-order valence-corrected chi connectivity index (χ4v) is 3.04. The van der Waals surface area contributed by atoms with Crippen LogP contribution in [-0.2, 0) is 0 Å². The molecule has 0 bridgehead atoms. The van der Waals surface area contributed by atoms with E-state index in [1.54, 1.807) is 13.1 Å². The minimum atomic E-state index is -0.104. The summed E-state index contributed by atoms with van der Waals surface area (Å²) in [6.45, 7) is 9.58. The van der Waals surface area contributed by atoms with Gasteiger partial charge in [-0.2, -0.15) is 4.98 Å². The SMILES string of the molecule is Cc1noc(C2CN(C(=O)c3cnc(C)nc3C(C)C)CCN2C)n1. The topological polar surface area (TPSA) is 88.2 Å². The number of aryl methyl sites for hydroxylation is 2. The van der Waals surface area contributed by atoms with Crippen LogP contribution in [-0.4, -0.2) is 62.5 Å². The molecule has 1 atom stereocenters. The van der Waals surface area contributed by atoms with Crippen LogP contribution in [0.2, 0.25) is 0 Å². The first-order chi connectivity index (χ1) is 11.9. The first-order valence-electron chi connectivity index (χ1n) is 8.50. The van der Waals surface area contributed by atoms with E-state index < -0.39 is 0 Å². The van der Waals surface area contributed by atoms with E-state index in [1.807, 2.05) is 32.7 Å². The van der Waals surface area contributed by atoms with E-state index >= 15 is 0 Å². The highest BCUT2D eigenvalue weighted by molar-refractivity contribution is 5.95. The van der Waals surface area contributed by atoms with Gasteiger partial charge in [0.1, 0.15) is 11.9 Å². The largest absolute Gasteiger partial charge is 0.338 e. The Kier molecular flexibility index (Phi) is 4.80. The summed E-state index contributed by atoms with van der Waals surface area (Å²) in [5.41, 5.74) is 1.37. The molecule has 0 saturated carbocycles. The second-order valence-corrected chi connectivity index (χ2v) is 6.80. The monoisotopic (exact) mass is 344 g/mol. The quantitative estimate of drug-likeness (QED) is 0.838. The first kappa shape index (κ1) is 17.5. The van der Waals surface area contributed by atoms with Gasteiger partial charge in [0.05, 0.1) is 11.3 Å². The molecule has 0 aliphatic carbocycles. The fourth-order valence-electron chi connectivity index (χ4n) is 3.04. The number of rotatable bonds is 3. The maximum atomic E-state index is 13.1. The fraction of sp³-hybridized carbons (Fsp3) is 0.588. The number of carbonyl (C=O) groups excluding carboxylic acids is 1. The number of hydrogen-bond donors (Lipinski definition) is 0. The second-order valence-electron chi connectivity index (χ2n) is 6.80. The molecule has 0 N–H and O–H groups in total. The third-order valence-corrected chi connectivity index (χ3v) is 4.48. The maximum Gasteiger partial charge on any atom is 0.257 e. The lowest BCUT2D eigenvalue weighted by Crippen LogP contribution is -2.49. The van der Waals surface area contributed by atoms with E-state index in [4.69, 9.17) is 4.52 Å². The van der Waals surface area contributed by atoms with Crippen molar-refractivity contribution < 1.29 is 9.32 Å². The summed E-state index contributed by atoms with van der Waals surface area (Å²) in [4.78, 5) is 30.1. The first-order valence-corrected chi connectivity index (χ1v) is 8.50. The van der Waals surface area contributed by atoms with Crippen molar-refractivity contribution in [3.63, 3.8) is 0 Å². The van der Waals surface area contributed by atoms with Crippen LogP contribution in [0.4, 0.5) is 0 Å². The van der Waals surface area contributed by atoms with Crippen molar-refractivity contribution in [1.82, 2.24) is 29.9 Å². The summed E-state index contributed by atoms with van der Waals surface area (Å²) in [6, 6.07) is -0.104. The number of amides is 1. The molecule has 1 aliphatic heterocycles. The number of hydrogen-bond acceptors (Lipinski definition) is 7.